The summed E-state index contributed by atoms with van der Waals surface area (Å²) >= 11 is 0. The van der Waals surface area contributed by atoms with Crippen molar-refractivity contribution < 1.29 is 4.79 Å². The van der Waals surface area contributed by atoms with E-state index in [4.69, 9.17) is 0 Å². The van der Waals surface area contributed by atoms with Crippen LogP contribution in [0.15, 0.2) is 33.9 Å². The first-order chi connectivity index (χ1) is 13.1. The molecule has 3 heterocycles. The fourth-order valence-electron chi connectivity index (χ4n) is 4.60. The first kappa shape index (κ1) is 18.0. The Bertz CT molecular complexity index is 946. The summed E-state index contributed by atoms with van der Waals surface area (Å²) in [4.78, 5) is 42.4. The molecule has 1 amide bonds. The minimum Gasteiger partial charge on any atom is -0.354 e. The molecule has 0 aliphatic carbocycles. The summed E-state index contributed by atoms with van der Waals surface area (Å²) in [7, 11) is 0. The molecule has 1 aromatic heterocycles. The molecule has 0 radical (unpaired) electrons. The highest BCUT2D eigenvalue weighted by Crippen LogP contribution is 2.30. The monoisotopic (exact) mass is 370 g/mol. The summed E-state index contributed by atoms with van der Waals surface area (Å²) in [6, 6.07) is 7.39. The van der Waals surface area contributed by atoms with Crippen molar-refractivity contribution in [2.45, 2.75) is 44.7 Å². The van der Waals surface area contributed by atoms with Gasteiger partial charge in [0.05, 0.1) is 10.9 Å². The molecule has 7 heteroatoms. The van der Waals surface area contributed by atoms with E-state index in [0.717, 1.165) is 24.1 Å². The summed E-state index contributed by atoms with van der Waals surface area (Å²) in [5.41, 5.74) is -0.491. The number of carbonyl (C=O) groups excluding carboxylic acids is 1. The van der Waals surface area contributed by atoms with Gasteiger partial charge in [0, 0.05) is 12.6 Å². The maximum absolute atomic E-state index is 12.5. The summed E-state index contributed by atoms with van der Waals surface area (Å²) in [6.07, 6.45) is 6.01. The van der Waals surface area contributed by atoms with Crippen LogP contribution in [0, 0.1) is 5.92 Å². The van der Waals surface area contributed by atoms with E-state index in [0.29, 0.717) is 29.4 Å². The molecule has 0 unspecified atom stereocenters. The van der Waals surface area contributed by atoms with Gasteiger partial charge in [0.15, 0.2) is 0 Å². The maximum Gasteiger partial charge on any atom is 0.329 e. The van der Waals surface area contributed by atoms with E-state index in [1.165, 1.54) is 25.7 Å². The Kier molecular flexibility index (Phi) is 5.11. The van der Waals surface area contributed by atoms with Gasteiger partial charge in [0.1, 0.15) is 6.54 Å². The van der Waals surface area contributed by atoms with Crippen LogP contribution in [-0.4, -0.2) is 46.0 Å². The minimum absolute atomic E-state index is 0.250. The number of hydrogen-bond acceptors (Lipinski definition) is 4. The van der Waals surface area contributed by atoms with E-state index in [1.54, 1.807) is 24.3 Å². The van der Waals surface area contributed by atoms with Gasteiger partial charge in [-0.2, -0.15) is 0 Å². The van der Waals surface area contributed by atoms with E-state index in [-0.39, 0.29) is 12.5 Å². The number of aromatic nitrogens is 2. The molecule has 144 valence electrons. The second-order valence-corrected chi connectivity index (χ2v) is 7.67. The van der Waals surface area contributed by atoms with Crippen LogP contribution in [0.3, 0.4) is 0 Å². The minimum atomic E-state index is -0.551. The Morgan fingerprint density at radius 3 is 2.81 bits per heavy atom. The molecule has 0 bridgehead atoms. The van der Waals surface area contributed by atoms with Crippen molar-refractivity contribution in [3.05, 3.63) is 45.1 Å². The largest absolute Gasteiger partial charge is 0.354 e. The van der Waals surface area contributed by atoms with E-state index < -0.39 is 11.2 Å². The lowest BCUT2D eigenvalue weighted by Crippen LogP contribution is -2.51. The van der Waals surface area contributed by atoms with E-state index in [1.807, 2.05) is 0 Å². The van der Waals surface area contributed by atoms with Crippen molar-refractivity contribution in [3.63, 3.8) is 0 Å². The molecule has 2 fully saturated rings. The van der Waals surface area contributed by atoms with E-state index in [2.05, 4.69) is 15.2 Å². The third-order valence-corrected chi connectivity index (χ3v) is 5.98. The number of benzene rings is 1. The molecule has 27 heavy (non-hydrogen) atoms. The van der Waals surface area contributed by atoms with Gasteiger partial charge in [0.2, 0.25) is 5.91 Å². The number of nitrogens with one attached hydrogen (secondary N) is 2. The number of H-pyrrole nitrogens is 1. The number of amides is 1. The summed E-state index contributed by atoms with van der Waals surface area (Å²) < 4.78 is 0.978. The summed E-state index contributed by atoms with van der Waals surface area (Å²) in [5.74, 6) is 0.167. The molecule has 2 aliphatic rings. The number of para-hydroxylation sites is 1. The number of fused-ring (bicyclic) bond motifs is 2. The van der Waals surface area contributed by atoms with Crippen molar-refractivity contribution in [2.24, 2.45) is 5.92 Å². The number of nitrogens with zero attached hydrogens (tertiary/aromatic N) is 2. The molecule has 4 rings (SSSR count). The number of carbonyl (C=O) groups is 1. The topological polar surface area (TPSA) is 87.2 Å². The average Bonchev–Trinajstić information content (AvgIpc) is 2.69. The van der Waals surface area contributed by atoms with Crippen molar-refractivity contribution in [1.82, 2.24) is 19.8 Å². The van der Waals surface area contributed by atoms with Gasteiger partial charge in [-0.3, -0.25) is 14.2 Å². The normalized spacial score (nSPS) is 23.1. The lowest BCUT2D eigenvalue weighted by Gasteiger charge is -2.44. The third kappa shape index (κ3) is 3.69. The van der Waals surface area contributed by atoms with Gasteiger partial charge in [-0.25, -0.2) is 4.79 Å². The summed E-state index contributed by atoms with van der Waals surface area (Å²) in [6.45, 7) is 2.69. The lowest BCUT2D eigenvalue weighted by molar-refractivity contribution is -0.122. The molecule has 1 aromatic carbocycles. The van der Waals surface area contributed by atoms with Crippen LogP contribution < -0.4 is 16.6 Å². The van der Waals surface area contributed by atoms with Crippen LogP contribution in [-0.2, 0) is 11.3 Å². The van der Waals surface area contributed by atoms with Gasteiger partial charge < -0.3 is 15.2 Å². The number of rotatable bonds is 4. The predicted octanol–water partition coefficient (Wildman–Crippen LogP) is 1.07. The van der Waals surface area contributed by atoms with Crippen molar-refractivity contribution in [2.75, 3.05) is 19.6 Å². The number of hydrogen-bond donors (Lipinski definition) is 2. The van der Waals surface area contributed by atoms with Crippen LogP contribution in [0.25, 0.3) is 10.9 Å². The zero-order valence-corrected chi connectivity index (χ0v) is 15.4. The molecule has 0 spiro atoms. The van der Waals surface area contributed by atoms with E-state index >= 15 is 0 Å². The molecule has 2 N–H and O–H groups in total. The standard InChI is InChI=1S/C20H26N4O3/c25-18(21-12-14-6-5-11-23-10-4-3-9-17(14)23)13-24-19(26)15-7-1-2-8-16(15)22-20(24)27/h1-2,7-8,14,17H,3-6,9-13H2,(H,21,25)(H,22,27)/t14-,17-/m0/s1. The van der Waals surface area contributed by atoms with Crippen molar-refractivity contribution in [1.29, 1.82) is 0 Å². The van der Waals surface area contributed by atoms with Crippen LogP contribution in [0.4, 0.5) is 0 Å². The van der Waals surface area contributed by atoms with Crippen LogP contribution in [0.1, 0.15) is 32.1 Å². The molecular weight excluding hydrogens is 344 g/mol. The molecule has 2 aliphatic heterocycles. The highest BCUT2D eigenvalue weighted by atomic mass is 16.2. The van der Waals surface area contributed by atoms with Crippen LogP contribution in [0.5, 0.6) is 0 Å². The highest BCUT2D eigenvalue weighted by molar-refractivity contribution is 5.78. The molecule has 7 nitrogen and oxygen atoms in total. The molecular formula is C20H26N4O3. The average molecular weight is 370 g/mol. The molecule has 2 aromatic rings. The fraction of sp³-hybridized carbons (Fsp3) is 0.550. The Hall–Kier alpha value is -2.41. The Morgan fingerprint density at radius 1 is 1.11 bits per heavy atom. The quantitative estimate of drug-likeness (QED) is 0.843. The van der Waals surface area contributed by atoms with Gasteiger partial charge in [-0.05, 0) is 56.8 Å². The number of piperidine rings is 2. The van der Waals surface area contributed by atoms with Crippen LogP contribution in [0.2, 0.25) is 0 Å². The first-order valence-corrected chi connectivity index (χ1v) is 9.86. The second-order valence-electron chi connectivity index (χ2n) is 7.67. The highest BCUT2D eigenvalue weighted by Gasteiger charge is 2.32. The zero-order valence-electron chi connectivity index (χ0n) is 15.4. The molecule has 2 atom stereocenters. The zero-order chi connectivity index (χ0) is 18.8. The van der Waals surface area contributed by atoms with Crippen molar-refractivity contribution in [3.8, 4) is 0 Å². The lowest BCUT2D eigenvalue weighted by atomic mass is 9.83. The Labute approximate surface area is 157 Å². The van der Waals surface area contributed by atoms with Gasteiger partial charge in [-0.1, -0.05) is 18.6 Å². The summed E-state index contributed by atoms with van der Waals surface area (Å²) in [5, 5.41) is 3.37. The number of aromatic amines is 1. The Morgan fingerprint density at radius 2 is 1.93 bits per heavy atom. The predicted molar refractivity (Wildman–Crippen MR) is 104 cm³/mol. The second kappa shape index (κ2) is 7.68. The molecule has 2 saturated heterocycles. The SMILES string of the molecule is O=C(Cn1c(=O)[nH]c2ccccc2c1=O)NC[C@@H]1CCCN2CCCC[C@@H]12. The maximum atomic E-state index is 12.5. The Balaban J connectivity index is 1.43. The fourth-order valence-corrected chi connectivity index (χ4v) is 4.60. The van der Waals surface area contributed by atoms with E-state index in [9.17, 15) is 14.4 Å². The first-order valence-electron chi connectivity index (χ1n) is 9.86. The van der Waals surface area contributed by atoms with Gasteiger partial charge >= 0.3 is 5.69 Å². The van der Waals surface area contributed by atoms with Crippen molar-refractivity contribution >= 4 is 16.8 Å². The smallest absolute Gasteiger partial charge is 0.329 e. The third-order valence-electron chi connectivity index (χ3n) is 5.98. The van der Waals surface area contributed by atoms with Gasteiger partial charge in [0.25, 0.3) is 5.56 Å². The van der Waals surface area contributed by atoms with Crippen LogP contribution >= 0.6 is 0 Å². The van der Waals surface area contributed by atoms with Gasteiger partial charge in [-0.15, -0.1) is 0 Å². The molecule has 0 saturated carbocycles.